The van der Waals surface area contributed by atoms with E-state index in [4.69, 9.17) is 15.2 Å². The molecule has 9 heteroatoms. The zero-order chi connectivity index (χ0) is 25.1. The van der Waals surface area contributed by atoms with Gasteiger partial charge in [-0.25, -0.2) is 9.97 Å². The highest BCUT2D eigenvalue weighted by atomic mass is 16.5. The van der Waals surface area contributed by atoms with Crippen LogP contribution in [0.5, 0.6) is 11.5 Å². The van der Waals surface area contributed by atoms with Crippen LogP contribution in [0.2, 0.25) is 0 Å². The Labute approximate surface area is 211 Å². The summed E-state index contributed by atoms with van der Waals surface area (Å²) in [6, 6.07) is 8.09. The van der Waals surface area contributed by atoms with Crippen LogP contribution in [-0.2, 0) is 0 Å². The van der Waals surface area contributed by atoms with E-state index >= 15 is 0 Å². The number of likely N-dealkylation sites (tertiary alicyclic amines) is 2. The van der Waals surface area contributed by atoms with Gasteiger partial charge in [0.2, 0.25) is 5.95 Å². The van der Waals surface area contributed by atoms with Gasteiger partial charge in [-0.1, -0.05) is 12.5 Å². The highest BCUT2D eigenvalue weighted by molar-refractivity contribution is 5.95. The van der Waals surface area contributed by atoms with E-state index in [0.29, 0.717) is 28.9 Å². The number of aromatic amines is 1. The number of rotatable bonds is 6. The number of ether oxygens (including phenoxy) is 2. The maximum absolute atomic E-state index is 13.3. The summed E-state index contributed by atoms with van der Waals surface area (Å²) >= 11 is 0. The van der Waals surface area contributed by atoms with Crippen molar-refractivity contribution in [2.45, 2.75) is 38.1 Å². The number of benzene rings is 1. The molecule has 0 radical (unpaired) electrons. The number of amides is 1. The number of H-pyrrole nitrogens is 1. The van der Waals surface area contributed by atoms with Crippen LogP contribution >= 0.6 is 0 Å². The zero-order valence-electron chi connectivity index (χ0n) is 21.0. The van der Waals surface area contributed by atoms with E-state index in [1.54, 1.807) is 26.6 Å². The summed E-state index contributed by atoms with van der Waals surface area (Å²) in [5.41, 5.74) is 9.56. The van der Waals surface area contributed by atoms with Crippen molar-refractivity contribution < 1.29 is 14.3 Å². The van der Waals surface area contributed by atoms with E-state index < -0.39 is 0 Å². The van der Waals surface area contributed by atoms with Crippen molar-refractivity contribution in [1.82, 2.24) is 24.8 Å². The Morgan fingerprint density at radius 3 is 2.47 bits per heavy atom. The Hall–Kier alpha value is -3.59. The second kappa shape index (κ2) is 10.6. The SMILES string of the molecule is COc1ccc(-c2cnc(N)nc2-c2c[nH]c(C(=O)N3CCC(N4CCCCC4)CC3)c2)cc1OC. The average molecular weight is 491 g/mol. The van der Waals surface area contributed by atoms with Crippen molar-refractivity contribution in [1.29, 1.82) is 0 Å². The Morgan fingerprint density at radius 2 is 1.75 bits per heavy atom. The van der Waals surface area contributed by atoms with Crippen molar-refractivity contribution in [3.8, 4) is 33.9 Å². The molecule has 3 aromatic rings. The van der Waals surface area contributed by atoms with Crippen LogP contribution in [0.25, 0.3) is 22.4 Å². The highest BCUT2D eigenvalue weighted by Crippen LogP contribution is 2.36. The van der Waals surface area contributed by atoms with Gasteiger partial charge in [0.05, 0.1) is 19.9 Å². The van der Waals surface area contributed by atoms with Gasteiger partial charge < -0.3 is 30.0 Å². The van der Waals surface area contributed by atoms with Crippen molar-refractivity contribution >= 4 is 11.9 Å². The number of carbonyl (C=O) groups excluding carboxylic acids is 1. The maximum Gasteiger partial charge on any atom is 0.270 e. The monoisotopic (exact) mass is 490 g/mol. The molecule has 36 heavy (non-hydrogen) atoms. The van der Waals surface area contributed by atoms with Crippen LogP contribution in [0.15, 0.2) is 36.7 Å². The number of hydrogen-bond donors (Lipinski definition) is 2. The Kier molecular flexibility index (Phi) is 7.09. The van der Waals surface area contributed by atoms with Gasteiger partial charge in [0.25, 0.3) is 5.91 Å². The van der Waals surface area contributed by atoms with Gasteiger partial charge in [0.1, 0.15) is 5.69 Å². The molecule has 2 saturated heterocycles. The first-order valence-corrected chi connectivity index (χ1v) is 12.6. The fraction of sp³-hybridized carbons (Fsp3) is 0.444. The number of aromatic nitrogens is 3. The lowest BCUT2D eigenvalue weighted by Gasteiger charge is -2.40. The number of nitrogen functional groups attached to an aromatic ring is 1. The van der Waals surface area contributed by atoms with Gasteiger partial charge in [0, 0.05) is 42.7 Å². The molecule has 9 nitrogen and oxygen atoms in total. The molecular formula is C27H34N6O3. The van der Waals surface area contributed by atoms with Crippen LogP contribution < -0.4 is 15.2 Å². The van der Waals surface area contributed by atoms with Gasteiger partial charge in [-0.2, -0.15) is 0 Å². The molecule has 2 aromatic heterocycles. The van der Waals surface area contributed by atoms with E-state index in [-0.39, 0.29) is 11.9 Å². The Bertz CT molecular complexity index is 1210. The summed E-state index contributed by atoms with van der Waals surface area (Å²) in [5, 5.41) is 0. The molecule has 0 atom stereocenters. The lowest BCUT2D eigenvalue weighted by molar-refractivity contribution is 0.0585. The maximum atomic E-state index is 13.3. The quantitative estimate of drug-likeness (QED) is 0.540. The molecule has 2 aliphatic heterocycles. The first-order valence-electron chi connectivity index (χ1n) is 12.6. The van der Waals surface area contributed by atoms with Crippen LogP contribution in [0.4, 0.5) is 5.95 Å². The number of anilines is 1. The number of hydrogen-bond acceptors (Lipinski definition) is 7. The van der Waals surface area contributed by atoms with Gasteiger partial charge >= 0.3 is 0 Å². The molecule has 0 bridgehead atoms. The van der Waals surface area contributed by atoms with Crippen LogP contribution in [-0.4, -0.2) is 77.1 Å². The summed E-state index contributed by atoms with van der Waals surface area (Å²) in [7, 11) is 3.20. The van der Waals surface area contributed by atoms with Crippen LogP contribution in [0.3, 0.4) is 0 Å². The van der Waals surface area contributed by atoms with E-state index in [0.717, 1.165) is 42.6 Å². The zero-order valence-corrected chi connectivity index (χ0v) is 21.0. The number of piperidine rings is 2. The summed E-state index contributed by atoms with van der Waals surface area (Å²) in [4.78, 5) is 29.8. The van der Waals surface area contributed by atoms with Crippen LogP contribution in [0.1, 0.15) is 42.6 Å². The number of nitrogens with two attached hydrogens (primary N) is 1. The normalized spacial score (nSPS) is 17.2. The lowest BCUT2D eigenvalue weighted by Crippen LogP contribution is -2.48. The minimum absolute atomic E-state index is 0.0213. The van der Waals surface area contributed by atoms with Crippen molar-refractivity contribution in [3.63, 3.8) is 0 Å². The largest absolute Gasteiger partial charge is 0.493 e. The van der Waals surface area contributed by atoms with Gasteiger partial charge in [-0.3, -0.25) is 4.79 Å². The molecule has 0 unspecified atom stereocenters. The van der Waals surface area contributed by atoms with Crippen molar-refractivity contribution in [2.75, 3.05) is 46.1 Å². The Balaban J connectivity index is 1.35. The molecule has 3 N–H and O–H groups in total. The smallest absolute Gasteiger partial charge is 0.270 e. The molecule has 5 rings (SSSR count). The van der Waals surface area contributed by atoms with Crippen molar-refractivity contribution in [3.05, 3.63) is 42.4 Å². The predicted octanol–water partition coefficient (Wildman–Crippen LogP) is 3.83. The van der Waals surface area contributed by atoms with E-state index in [1.165, 1.54) is 32.4 Å². The fourth-order valence-corrected chi connectivity index (χ4v) is 5.37. The first-order chi connectivity index (χ1) is 17.6. The lowest BCUT2D eigenvalue weighted by atomic mass is 9.99. The summed E-state index contributed by atoms with van der Waals surface area (Å²) in [6.07, 6.45) is 9.50. The average Bonchev–Trinajstić information content (AvgIpc) is 3.43. The third-order valence-electron chi connectivity index (χ3n) is 7.35. The third-order valence-corrected chi connectivity index (χ3v) is 7.35. The first kappa shape index (κ1) is 24.1. The summed E-state index contributed by atoms with van der Waals surface area (Å²) in [6.45, 7) is 3.96. The Morgan fingerprint density at radius 1 is 1.00 bits per heavy atom. The number of carbonyl (C=O) groups is 1. The second-order valence-corrected chi connectivity index (χ2v) is 9.48. The minimum Gasteiger partial charge on any atom is -0.493 e. The van der Waals surface area contributed by atoms with Gasteiger partial charge in [-0.15, -0.1) is 0 Å². The molecule has 0 spiro atoms. The molecule has 1 aromatic carbocycles. The molecule has 4 heterocycles. The van der Waals surface area contributed by atoms with E-state index in [9.17, 15) is 4.79 Å². The molecule has 0 aliphatic carbocycles. The molecule has 190 valence electrons. The molecule has 1 amide bonds. The van der Waals surface area contributed by atoms with E-state index in [1.807, 2.05) is 29.2 Å². The van der Waals surface area contributed by atoms with E-state index in [2.05, 4.69) is 19.9 Å². The standard InChI is InChI=1S/C27H34N6O3/c1-35-23-7-6-18(15-24(23)36-2)21-17-30-27(28)31-25(21)19-14-22(29-16-19)26(34)33-12-8-20(9-13-33)32-10-4-3-5-11-32/h6-7,14-17,20,29H,3-5,8-13H2,1-2H3,(H2,28,30,31). The second-order valence-electron chi connectivity index (χ2n) is 9.48. The molecular weight excluding hydrogens is 456 g/mol. The van der Waals surface area contributed by atoms with Crippen LogP contribution in [0, 0.1) is 0 Å². The van der Waals surface area contributed by atoms with Gasteiger partial charge in [0.15, 0.2) is 11.5 Å². The summed E-state index contributed by atoms with van der Waals surface area (Å²) < 4.78 is 10.8. The molecule has 2 fully saturated rings. The predicted molar refractivity (Wildman–Crippen MR) is 139 cm³/mol. The third kappa shape index (κ3) is 4.88. The van der Waals surface area contributed by atoms with Gasteiger partial charge in [-0.05, 0) is 62.5 Å². The number of methoxy groups -OCH3 is 2. The fourth-order valence-electron chi connectivity index (χ4n) is 5.37. The summed E-state index contributed by atoms with van der Waals surface area (Å²) in [5.74, 6) is 1.43. The number of nitrogens with one attached hydrogen (secondary N) is 1. The number of nitrogens with zero attached hydrogens (tertiary/aromatic N) is 4. The topological polar surface area (TPSA) is 110 Å². The van der Waals surface area contributed by atoms with Crippen molar-refractivity contribution in [2.24, 2.45) is 0 Å². The minimum atomic E-state index is 0.0213. The molecule has 2 aliphatic rings. The molecule has 0 saturated carbocycles. The highest BCUT2D eigenvalue weighted by Gasteiger charge is 2.28.